The van der Waals surface area contributed by atoms with E-state index >= 15 is 0 Å². The molecule has 0 saturated heterocycles. The van der Waals surface area contributed by atoms with Crippen LogP contribution in [-0.2, 0) is 11.3 Å². The number of hydrogen-bond acceptors (Lipinski definition) is 4. The third-order valence-electron chi connectivity index (χ3n) is 2.06. The highest BCUT2D eigenvalue weighted by molar-refractivity contribution is 7.78. The Morgan fingerprint density at radius 2 is 1.86 bits per heavy atom. The molecule has 0 aliphatic heterocycles. The number of nitrogen functional groups attached to an aromatic ring is 2. The molecule has 0 spiro atoms. The lowest BCUT2D eigenvalue weighted by Crippen LogP contribution is -2.41. The molecule has 1 rings (SSSR count). The summed E-state index contributed by atoms with van der Waals surface area (Å²) in [5.74, 6) is 0. The van der Waals surface area contributed by atoms with Crippen molar-refractivity contribution in [1.82, 2.24) is 3.89 Å². The van der Waals surface area contributed by atoms with E-state index < -0.39 is 11.3 Å². The van der Waals surface area contributed by atoms with Gasteiger partial charge in [-0.05, 0) is 6.07 Å². The van der Waals surface area contributed by atoms with Gasteiger partial charge in [-0.15, -0.1) is 0 Å². The topological polar surface area (TPSA) is 92.2 Å². The van der Waals surface area contributed by atoms with Crippen LogP contribution in [0, 0.1) is 0 Å². The zero-order chi connectivity index (χ0) is 10.9. The van der Waals surface area contributed by atoms with E-state index in [2.05, 4.69) is 0 Å². The quantitative estimate of drug-likeness (QED) is 0.419. The number of nitrogens with zero attached hydrogens (tertiary/aromatic N) is 1. The van der Waals surface area contributed by atoms with Crippen LogP contribution in [0.2, 0.25) is 0 Å². The Morgan fingerprint density at radius 3 is 2.29 bits per heavy atom. The standard InChI is InChI=1S/C8H13N3O2S/c1-11(2,14(12)13)6-3-4-7(9)8(10)5-6/h3-5H,9-10H2,1-2H3. The molecule has 6 heteroatoms. The molecule has 0 amide bonds. The minimum Gasteiger partial charge on any atom is -0.724 e. The van der Waals surface area contributed by atoms with Gasteiger partial charge in [-0.3, -0.25) is 0 Å². The maximum absolute atomic E-state index is 10.9. The molecule has 14 heavy (non-hydrogen) atoms. The molecule has 0 aromatic heterocycles. The summed E-state index contributed by atoms with van der Waals surface area (Å²) in [4.78, 5) is 0. The Labute approximate surface area is 85.3 Å². The van der Waals surface area contributed by atoms with Crippen LogP contribution in [0.15, 0.2) is 18.2 Å². The zero-order valence-electron chi connectivity index (χ0n) is 8.06. The zero-order valence-corrected chi connectivity index (χ0v) is 8.88. The summed E-state index contributed by atoms with van der Waals surface area (Å²) in [5, 5.41) is 0. The molecule has 1 atom stereocenters. The van der Waals surface area contributed by atoms with Gasteiger partial charge in [0.1, 0.15) is 5.69 Å². The highest BCUT2D eigenvalue weighted by Crippen LogP contribution is 2.26. The normalized spacial score (nSPS) is 13.9. The molecule has 0 saturated carbocycles. The second-order valence-electron chi connectivity index (χ2n) is 3.38. The lowest BCUT2D eigenvalue weighted by molar-refractivity contribution is 0.465. The van der Waals surface area contributed by atoms with Crippen LogP contribution < -0.4 is 15.4 Å². The van der Waals surface area contributed by atoms with E-state index in [0.717, 1.165) is 0 Å². The molecule has 0 fully saturated rings. The third-order valence-corrected chi connectivity index (χ3v) is 3.02. The van der Waals surface area contributed by atoms with Gasteiger partial charge >= 0.3 is 0 Å². The van der Waals surface area contributed by atoms with Crippen molar-refractivity contribution in [3.8, 4) is 0 Å². The molecule has 78 valence electrons. The first-order valence-corrected chi connectivity index (χ1v) is 4.98. The van der Waals surface area contributed by atoms with E-state index in [1.54, 1.807) is 32.3 Å². The Morgan fingerprint density at radius 1 is 1.29 bits per heavy atom. The predicted octanol–water partition coefficient (Wildman–Crippen LogP) is 0.212. The molecular formula is C8H13N3O2S. The van der Waals surface area contributed by atoms with Gasteiger partial charge in [0.2, 0.25) is 0 Å². The number of anilines is 2. The van der Waals surface area contributed by atoms with Gasteiger partial charge < -0.3 is 16.0 Å². The number of quaternary nitrogens is 1. The molecule has 0 radical (unpaired) electrons. The van der Waals surface area contributed by atoms with E-state index in [9.17, 15) is 8.76 Å². The van der Waals surface area contributed by atoms with E-state index in [4.69, 9.17) is 11.5 Å². The molecule has 0 bridgehead atoms. The van der Waals surface area contributed by atoms with Crippen molar-refractivity contribution in [2.45, 2.75) is 0 Å². The van der Waals surface area contributed by atoms with Crippen LogP contribution in [0.1, 0.15) is 0 Å². The third kappa shape index (κ3) is 1.87. The summed E-state index contributed by atoms with van der Waals surface area (Å²) < 4.78 is 21.6. The van der Waals surface area contributed by atoms with Crippen molar-refractivity contribution in [3.05, 3.63) is 18.2 Å². The molecule has 0 aliphatic carbocycles. The fourth-order valence-corrected chi connectivity index (χ4v) is 1.27. The highest BCUT2D eigenvalue weighted by atomic mass is 32.2. The van der Waals surface area contributed by atoms with E-state index in [-0.39, 0.29) is 3.89 Å². The van der Waals surface area contributed by atoms with Gasteiger partial charge in [-0.2, -0.15) is 0 Å². The maximum atomic E-state index is 10.9. The summed E-state index contributed by atoms with van der Waals surface area (Å²) in [6, 6.07) is 4.80. The summed E-state index contributed by atoms with van der Waals surface area (Å²) >= 11 is -2.25. The number of benzene rings is 1. The Bertz CT molecular complexity index is 379. The van der Waals surface area contributed by atoms with E-state index in [0.29, 0.717) is 17.1 Å². The second-order valence-corrected chi connectivity index (χ2v) is 4.73. The fourth-order valence-electron chi connectivity index (χ4n) is 0.983. The van der Waals surface area contributed by atoms with Crippen molar-refractivity contribution in [3.63, 3.8) is 0 Å². The van der Waals surface area contributed by atoms with E-state index in [1.165, 1.54) is 0 Å². The summed E-state index contributed by atoms with van der Waals surface area (Å²) in [6.45, 7) is 0. The fraction of sp³-hybridized carbons (Fsp3) is 0.250. The average Bonchev–Trinajstić information content (AvgIpc) is 2.09. The SMILES string of the molecule is C[N+](C)(c1ccc(N)c(N)c1)S(=O)[O-]. The molecule has 0 aliphatic rings. The second kappa shape index (κ2) is 3.56. The summed E-state index contributed by atoms with van der Waals surface area (Å²) in [6.07, 6.45) is 0. The first-order chi connectivity index (χ1) is 6.35. The smallest absolute Gasteiger partial charge is 0.153 e. The average molecular weight is 215 g/mol. The first kappa shape index (κ1) is 11.0. The predicted molar refractivity (Wildman–Crippen MR) is 57.8 cm³/mol. The minimum absolute atomic E-state index is 0.273. The summed E-state index contributed by atoms with van der Waals surface area (Å²) in [7, 11) is 3.10. The van der Waals surface area contributed by atoms with Crippen LogP contribution in [-0.4, -0.2) is 22.9 Å². The molecular weight excluding hydrogens is 202 g/mol. The van der Waals surface area contributed by atoms with Crippen LogP contribution in [0.5, 0.6) is 0 Å². The van der Waals surface area contributed by atoms with Gasteiger partial charge in [0.05, 0.1) is 25.5 Å². The number of rotatable bonds is 2. The highest BCUT2D eigenvalue weighted by Gasteiger charge is 2.21. The number of nitrogens with two attached hydrogens (primary N) is 2. The largest absolute Gasteiger partial charge is 0.724 e. The Balaban J connectivity index is 3.21. The van der Waals surface area contributed by atoms with Crippen LogP contribution in [0.25, 0.3) is 0 Å². The Hall–Kier alpha value is -1.11. The van der Waals surface area contributed by atoms with Gasteiger partial charge in [0.15, 0.2) is 11.3 Å². The van der Waals surface area contributed by atoms with Crippen molar-refractivity contribution in [2.75, 3.05) is 25.6 Å². The maximum Gasteiger partial charge on any atom is 0.153 e. The van der Waals surface area contributed by atoms with Gasteiger partial charge in [-0.1, -0.05) is 0 Å². The Kier molecular flexibility index (Phi) is 2.79. The lowest BCUT2D eigenvalue weighted by atomic mass is 10.2. The van der Waals surface area contributed by atoms with Gasteiger partial charge in [0.25, 0.3) is 0 Å². The minimum atomic E-state index is -2.25. The monoisotopic (exact) mass is 215 g/mol. The van der Waals surface area contributed by atoms with Crippen LogP contribution >= 0.6 is 0 Å². The number of hydrogen-bond donors (Lipinski definition) is 2. The lowest BCUT2D eigenvalue weighted by Gasteiger charge is -2.29. The van der Waals surface area contributed by atoms with Gasteiger partial charge in [-0.25, -0.2) is 8.10 Å². The van der Waals surface area contributed by atoms with Crippen molar-refractivity contribution in [1.29, 1.82) is 0 Å². The molecule has 1 aromatic rings. The van der Waals surface area contributed by atoms with Gasteiger partial charge in [0, 0.05) is 12.1 Å². The molecule has 1 unspecified atom stereocenters. The van der Waals surface area contributed by atoms with Crippen molar-refractivity contribution in [2.24, 2.45) is 0 Å². The van der Waals surface area contributed by atoms with E-state index in [1.807, 2.05) is 0 Å². The van der Waals surface area contributed by atoms with Crippen molar-refractivity contribution >= 4 is 28.3 Å². The molecule has 4 N–H and O–H groups in total. The molecule has 1 aromatic carbocycles. The molecule has 5 nitrogen and oxygen atoms in total. The van der Waals surface area contributed by atoms with Crippen LogP contribution in [0.4, 0.5) is 17.1 Å². The van der Waals surface area contributed by atoms with Crippen molar-refractivity contribution < 1.29 is 8.76 Å². The molecule has 0 heterocycles. The first-order valence-electron chi connectivity index (χ1n) is 3.95. The summed E-state index contributed by atoms with van der Waals surface area (Å²) in [5.41, 5.74) is 12.5. The van der Waals surface area contributed by atoms with Crippen LogP contribution in [0.3, 0.4) is 0 Å².